The zero-order valence-corrected chi connectivity index (χ0v) is 12.1. The maximum atomic E-state index is 13.0. The fourth-order valence-corrected chi connectivity index (χ4v) is 2.79. The Morgan fingerprint density at radius 3 is 2.86 bits per heavy atom. The normalized spacial score (nSPS) is 11.8. The molecular formula is C12H15FN4O3S. The molecule has 0 radical (unpaired) electrons. The number of ether oxygens (including phenoxy) is 1. The van der Waals surface area contributed by atoms with E-state index in [2.05, 4.69) is 10.2 Å². The first-order chi connectivity index (χ1) is 9.91. The molecule has 1 aromatic carbocycles. The van der Waals surface area contributed by atoms with Gasteiger partial charge in [0.25, 0.3) is 0 Å². The summed E-state index contributed by atoms with van der Waals surface area (Å²) in [6.07, 6.45) is 1.15. The van der Waals surface area contributed by atoms with Gasteiger partial charge in [-0.25, -0.2) is 12.8 Å². The van der Waals surface area contributed by atoms with Gasteiger partial charge < -0.3 is 10.5 Å². The summed E-state index contributed by atoms with van der Waals surface area (Å²) in [5.74, 6) is -0.101. The Morgan fingerprint density at radius 2 is 2.24 bits per heavy atom. The number of nitrogens with two attached hydrogens (primary N) is 1. The van der Waals surface area contributed by atoms with Crippen LogP contribution >= 0.6 is 0 Å². The summed E-state index contributed by atoms with van der Waals surface area (Å²) in [5, 5.41) is 5.95. The minimum absolute atomic E-state index is 0.0205. The molecule has 0 bridgehead atoms. The van der Waals surface area contributed by atoms with Crippen molar-refractivity contribution in [2.45, 2.75) is 4.90 Å². The van der Waals surface area contributed by atoms with Crippen molar-refractivity contribution < 1.29 is 17.5 Å². The molecule has 0 saturated carbocycles. The van der Waals surface area contributed by atoms with Crippen LogP contribution in [0.15, 0.2) is 35.4 Å². The van der Waals surface area contributed by atoms with E-state index in [1.54, 1.807) is 6.07 Å². The van der Waals surface area contributed by atoms with Gasteiger partial charge in [0.05, 0.1) is 6.20 Å². The van der Waals surface area contributed by atoms with E-state index < -0.39 is 15.8 Å². The van der Waals surface area contributed by atoms with Crippen molar-refractivity contribution in [3.8, 4) is 5.75 Å². The molecule has 0 atom stereocenters. The van der Waals surface area contributed by atoms with Gasteiger partial charge in [-0.15, -0.1) is 0 Å². The highest BCUT2D eigenvalue weighted by molar-refractivity contribution is 7.89. The molecule has 0 unspecified atom stereocenters. The van der Waals surface area contributed by atoms with Crippen molar-refractivity contribution in [2.75, 3.05) is 25.9 Å². The van der Waals surface area contributed by atoms with Crippen molar-refractivity contribution in [1.29, 1.82) is 0 Å². The lowest BCUT2D eigenvalue weighted by Gasteiger charge is -2.16. The highest BCUT2D eigenvalue weighted by Gasteiger charge is 2.24. The first-order valence-electron chi connectivity index (χ1n) is 6.05. The van der Waals surface area contributed by atoms with Crippen molar-refractivity contribution in [3.05, 3.63) is 36.3 Å². The van der Waals surface area contributed by atoms with E-state index in [-0.39, 0.29) is 23.9 Å². The molecule has 0 aliphatic heterocycles. The van der Waals surface area contributed by atoms with Gasteiger partial charge in [0.15, 0.2) is 0 Å². The van der Waals surface area contributed by atoms with Crippen LogP contribution in [0.5, 0.6) is 5.75 Å². The Balaban J connectivity index is 1.96. The van der Waals surface area contributed by atoms with Crippen molar-refractivity contribution in [1.82, 2.24) is 14.5 Å². The second-order valence-electron chi connectivity index (χ2n) is 4.28. The van der Waals surface area contributed by atoms with Crippen LogP contribution in [0.4, 0.5) is 10.2 Å². The number of nitrogens with zero attached hydrogens (tertiary/aromatic N) is 2. The number of sulfonamides is 1. The Kier molecular flexibility index (Phi) is 4.43. The molecule has 9 heteroatoms. The number of anilines is 1. The van der Waals surface area contributed by atoms with E-state index in [0.717, 1.165) is 10.5 Å². The number of likely N-dealkylation sites (N-methyl/N-ethyl adjacent to an activating group) is 1. The van der Waals surface area contributed by atoms with Gasteiger partial charge in [0.1, 0.15) is 28.9 Å². The van der Waals surface area contributed by atoms with Gasteiger partial charge >= 0.3 is 0 Å². The molecule has 21 heavy (non-hydrogen) atoms. The lowest BCUT2D eigenvalue weighted by atomic mass is 10.3. The molecule has 1 aromatic heterocycles. The van der Waals surface area contributed by atoms with Crippen LogP contribution < -0.4 is 10.5 Å². The van der Waals surface area contributed by atoms with Crippen LogP contribution in [0.2, 0.25) is 0 Å². The van der Waals surface area contributed by atoms with Gasteiger partial charge in [0.2, 0.25) is 10.0 Å². The average Bonchev–Trinajstić information content (AvgIpc) is 2.85. The Hall–Kier alpha value is -2.13. The van der Waals surface area contributed by atoms with Gasteiger partial charge in [-0.05, 0) is 12.1 Å². The maximum absolute atomic E-state index is 13.0. The SMILES string of the molecule is CN(CCOc1cccc(F)c1)S(=O)(=O)c1cn[nH]c1N. The second-order valence-corrected chi connectivity index (χ2v) is 6.29. The summed E-state index contributed by atoms with van der Waals surface area (Å²) in [6, 6.07) is 5.62. The maximum Gasteiger partial charge on any atom is 0.248 e. The van der Waals surface area contributed by atoms with E-state index >= 15 is 0 Å². The molecule has 0 aliphatic carbocycles. The Morgan fingerprint density at radius 1 is 1.48 bits per heavy atom. The fourth-order valence-electron chi connectivity index (χ4n) is 1.63. The second kappa shape index (κ2) is 6.10. The predicted molar refractivity (Wildman–Crippen MR) is 74.7 cm³/mol. The van der Waals surface area contributed by atoms with Crippen LogP contribution in [0.25, 0.3) is 0 Å². The molecular weight excluding hydrogens is 299 g/mol. The van der Waals surface area contributed by atoms with E-state index in [4.69, 9.17) is 10.5 Å². The minimum Gasteiger partial charge on any atom is -0.492 e. The van der Waals surface area contributed by atoms with Gasteiger partial charge in [-0.1, -0.05) is 6.07 Å². The van der Waals surface area contributed by atoms with Crippen LogP contribution in [-0.4, -0.2) is 43.1 Å². The van der Waals surface area contributed by atoms with Crippen molar-refractivity contribution in [3.63, 3.8) is 0 Å². The number of H-pyrrole nitrogens is 1. The third kappa shape index (κ3) is 3.50. The zero-order chi connectivity index (χ0) is 15.5. The van der Waals surface area contributed by atoms with E-state index in [1.807, 2.05) is 0 Å². The Bertz CT molecular complexity index is 717. The molecule has 7 nitrogen and oxygen atoms in total. The van der Waals surface area contributed by atoms with E-state index in [0.29, 0.717) is 5.75 Å². The molecule has 0 amide bonds. The monoisotopic (exact) mass is 314 g/mol. The number of nitrogens with one attached hydrogen (secondary N) is 1. The predicted octanol–water partition coefficient (Wildman–Crippen LogP) is 0.831. The number of nitrogen functional groups attached to an aromatic ring is 1. The molecule has 0 spiro atoms. The summed E-state index contributed by atoms with van der Waals surface area (Å²) in [5.41, 5.74) is 5.50. The van der Waals surface area contributed by atoms with Crippen LogP contribution in [0.3, 0.4) is 0 Å². The molecule has 114 valence electrons. The lowest BCUT2D eigenvalue weighted by molar-refractivity contribution is 0.286. The number of rotatable bonds is 6. The smallest absolute Gasteiger partial charge is 0.248 e. The third-order valence-corrected chi connectivity index (χ3v) is 4.68. The first-order valence-corrected chi connectivity index (χ1v) is 7.49. The number of hydrogen-bond acceptors (Lipinski definition) is 5. The van der Waals surface area contributed by atoms with Crippen molar-refractivity contribution >= 4 is 15.8 Å². The summed E-state index contributed by atoms with van der Waals surface area (Å²) in [6.45, 7) is 0.167. The number of benzene rings is 1. The van der Waals surface area contributed by atoms with E-state index in [1.165, 1.54) is 25.2 Å². The average molecular weight is 314 g/mol. The minimum atomic E-state index is -3.73. The standard InChI is InChI=1S/C12H15FN4O3S/c1-17(21(18,19)11-8-15-16-12(11)14)5-6-20-10-4-2-3-9(13)7-10/h2-4,7-8H,5-6H2,1H3,(H3,14,15,16). The number of aromatic nitrogens is 2. The molecule has 0 fully saturated rings. The molecule has 2 rings (SSSR count). The third-order valence-electron chi connectivity index (χ3n) is 2.79. The highest BCUT2D eigenvalue weighted by atomic mass is 32.2. The summed E-state index contributed by atoms with van der Waals surface area (Å²) >= 11 is 0. The number of halogens is 1. The van der Waals surface area contributed by atoms with Crippen LogP contribution in [0, 0.1) is 5.82 Å². The molecule has 0 saturated heterocycles. The molecule has 0 aliphatic rings. The van der Waals surface area contributed by atoms with Crippen LogP contribution in [-0.2, 0) is 10.0 Å². The summed E-state index contributed by atoms with van der Waals surface area (Å²) in [4.78, 5) is -0.0873. The summed E-state index contributed by atoms with van der Waals surface area (Å²) < 4.78 is 43.7. The quantitative estimate of drug-likeness (QED) is 0.822. The molecule has 1 heterocycles. The fraction of sp³-hybridized carbons (Fsp3) is 0.250. The Labute approximate surface area is 121 Å². The largest absolute Gasteiger partial charge is 0.492 e. The highest BCUT2D eigenvalue weighted by Crippen LogP contribution is 2.18. The topological polar surface area (TPSA) is 101 Å². The van der Waals surface area contributed by atoms with Gasteiger partial charge in [-0.3, -0.25) is 5.10 Å². The zero-order valence-electron chi connectivity index (χ0n) is 11.3. The summed E-state index contributed by atoms with van der Waals surface area (Å²) in [7, 11) is -2.33. The van der Waals surface area contributed by atoms with Crippen molar-refractivity contribution in [2.24, 2.45) is 0 Å². The first kappa shape index (κ1) is 15.3. The number of hydrogen-bond donors (Lipinski definition) is 2. The lowest BCUT2D eigenvalue weighted by Crippen LogP contribution is -2.31. The van der Waals surface area contributed by atoms with Crippen LogP contribution in [0.1, 0.15) is 0 Å². The van der Waals surface area contributed by atoms with Gasteiger partial charge in [-0.2, -0.15) is 9.40 Å². The van der Waals surface area contributed by atoms with Gasteiger partial charge in [0, 0.05) is 19.7 Å². The molecule has 2 aromatic rings. The molecule has 3 N–H and O–H groups in total. The number of aromatic amines is 1. The van der Waals surface area contributed by atoms with E-state index in [9.17, 15) is 12.8 Å².